The fourth-order valence-electron chi connectivity index (χ4n) is 2.72. The van der Waals surface area contributed by atoms with Crippen molar-refractivity contribution in [3.8, 4) is 11.3 Å². The van der Waals surface area contributed by atoms with Crippen LogP contribution in [0.2, 0.25) is 0 Å². The number of aliphatic hydroxyl groups is 1. The fraction of sp³-hybridized carbons (Fsp3) is 0.412. The van der Waals surface area contributed by atoms with Gasteiger partial charge in [0.15, 0.2) is 11.7 Å². The number of amides is 1. The number of carbonyl (C=O) groups is 1. The smallest absolute Gasteiger partial charge is 0.220 e. The Labute approximate surface area is 167 Å². The van der Waals surface area contributed by atoms with E-state index in [0.717, 1.165) is 12.1 Å². The number of nitrogens with one attached hydrogen (secondary N) is 2. The molecule has 1 fully saturated rings. The highest BCUT2D eigenvalue weighted by atomic mass is 35.5. The molecule has 1 aliphatic rings. The third-order valence-corrected chi connectivity index (χ3v) is 4.18. The van der Waals surface area contributed by atoms with Crippen LogP contribution in [0, 0.1) is 17.6 Å². The third kappa shape index (κ3) is 6.14. The minimum absolute atomic E-state index is 0. The maximum Gasteiger partial charge on any atom is 0.220 e. The Morgan fingerprint density at radius 2 is 2.11 bits per heavy atom. The number of β-amino-alcohol motifs (C(OH)–C–C–N with tert-alkyl or cyclic N) is 1. The van der Waals surface area contributed by atoms with Crippen molar-refractivity contribution in [3.63, 3.8) is 0 Å². The zero-order valence-electron chi connectivity index (χ0n) is 14.3. The Bertz CT molecular complexity index is 761. The van der Waals surface area contributed by atoms with E-state index in [4.69, 9.17) is 4.42 Å². The van der Waals surface area contributed by atoms with Gasteiger partial charge < -0.3 is 20.2 Å². The molecule has 0 spiro atoms. The normalized spacial score (nSPS) is 18.5. The van der Waals surface area contributed by atoms with Gasteiger partial charge in [0.2, 0.25) is 5.91 Å². The monoisotopic (exact) mass is 423 g/mol. The number of oxazole rings is 1. The number of benzene rings is 1. The summed E-state index contributed by atoms with van der Waals surface area (Å²) in [6.07, 6.45) is 1.34. The Morgan fingerprint density at radius 1 is 1.33 bits per heavy atom. The Morgan fingerprint density at radius 3 is 2.78 bits per heavy atom. The van der Waals surface area contributed by atoms with E-state index in [1.165, 1.54) is 12.3 Å². The first-order valence-corrected chi connectivity index (χ1v) is 8.08. The summed E-state index contributed by atoms with van der Waals surface area (Å²) in [4.78, 5) is 15.9. The predicted octanol–water partition coefficient (Wildman–Crippen LogP) is 2.09. The number of aliphatic hydroxyl groups excluding tert-OH is 1. The minimum atomic E-state index is -0.732. The van der Waals surface area contributed by atoms with Gasteiger partial charge in [-0.3, -0.25) is 4.79 Å². The van der Waals surface area contributed by atoms with Gasteiger partial charge in [-0.05, 0) is 12.1 Å². The van der Waals surface area contributed by atoms with Gasteiger partial charge in [0.25, 0.3) is 0 Å². The van der Waals surface area contributed by atoms with Crippen LogP contribution < -0.4 is 10.6 Å². The van der Waals surface area contributed by atoms with E-state index in [2.05, 4.69) is 15.6 Å². The van der Waals surface area contributed by atoms with Gasteiger partial charge >= 0.3 is 0 Å². The van der Waals surface area contributed by atoms with Crippen LogP contribution in [0.4, 0.5) is 8.78 Å². The Hall–Kier alpha value is -1.74. The molecule has 1 aliphatic heterocycles. The summed E-state index contributed by atoms with van der Waals surface area (Å²) in [6.45, 7) is 1.62. The maximum atomic E-state index is 13.7. The lowest BCUT2D eigenvalue weighted by atomic mass is 10.1. The molecule has 2 unspecified atom stereocenters. The molecular weight excluding hydrogens is 403 g/mol. The topological polar surface area (TPSA) is 87.4 Å². The Kier molecular flexibility index (Phi) is 9.11. The summed E-state index contributed by atoms with van der Waals surface area (Å²) in [5.74, 6) is -1.07. The highest BCUT2D eigenvalue weighted by Crippen LogP contribution is 2.24. The van der Waals surface area contributed by atoms with Crippen LogP contribution in [-0.4, -0.2) is 41.7 Å². The fourth-order valence-corrected chi connectivity index (χ4v) is 2.72. The zero-order valence-corrected chi connectivity index (χ0v) is 15.9. The summed E-state index contributed by atoms with van der Waals surface area (Å²) < 4.78 is 32.1. The van der Waals surface area contributed by atoms with Gasteiger partial charge in [0.1, 0.15) is 11.6 Å². The highest BCUT2D eigenvalue weighted by Gasteiger charge is 2.25. The standard InChI is InChI=1S/C17H19F2N3O3.2ClH/c18-11-1-2-12(13(19)5-11)15-9-22-17(25-15)4-3-16(24)21-7-10-6-20-8-14(10)23;;/h1-2,5,9-10,14,20,23H,3-4,6-8H2,(H,21,24);2*1H. The lowest BCUT2D eigenvalue weighted by Crippen LogP contribution is -2.34. The second-order valence-electron chi connectivity index (χ2n) is 6.03. The van der Waals surface area contributed by atoms with Crippen LogP contribution in [0.5, 0.6) is 0 Å². The first kappa shape index (κ1) is 23.3. The van der Waals surface area contributed by atoms with E-state index < -0.39 is 17.7 Å². The predicted molar refractivity (Wildman–Crippen MR) is 100 cm³/mol. The molecule has 1 saturated heterocycles. The number of halogens is 4. The van der Waals surface area contributed by atoms with Crippen molar-refractivity contribution in [1.82, 2.24) is 15.6 Å². The van der Waals surface area contributed by atoms with Gasteiger partial charge in [-0.25, -0.2) is 13.8 Å². The first-order chi connectivity index (χ1) is 12.0. The van der Waals surface area contributed by atoms with Crippen LogP contribution in [0.25, 0.3) is 11.3 Å². The molecule has 1 amide bonds. The highest BCUT2D eigenvalue weighted by molar-refractivity contribution is 5.85. The number of aromatic nitrogens is 1. The van der Waals surface area contributed by atoms with Gasteiger partial charge in [-0.2, -0.15) is 0 Å². The van der Waals surface area contributed by atoms with Gasteiger partial charge in [0, 0.05) is 44.5 Å². The summed E-state index contributed by atoms with van der Waals surface area (Å²) in [5, 5.41) is 15.5. The van der Waals surface area contributed by atoms with Gasteiger partial charge in [-0.15, -0.1) is 24.8 Å². The van der Waals surface area contributed by atoms with Gasteiger partial charge in [-0.1, -0.05) is 0 Å². The first-order valence-electron chi connectivity index (χ1n) is 8.08. The second-order valence-corrected chi connectivity index (χ2v) is 6.03. The average molecular weight is 424 g/mol. The molecule has 2 heterocycles. The molecule has 1 aromatic carbocycles. The summed E-state index contributed by atoms with van der Waals surface area (Å²) >= 11 is 0. The second kappa shape index (κ2) is 10.6. The summed E-state index contributed by atoms with van der Waals surface area (Å²) in [6, 6.07) is 3.19. The summed E-state index contributed by atoms with van der Waals surface area (Å²) in [5.41, 5.74) is 0.118. The quantitative estimate of drug-likeness (QED) is 0.661. The molecule has 0 saturated carbocycles. The molecule has 1 aromatic heterocycles. The lowest BCUT2D eigenvalue weighted by molar-refractivity contribution is -0.121. The molecule has 0 aliphatic carbocycles. The molecule has 150 valence electrons. The molecule has 27 heavy (non-hydrogen) atoms. The van der Waals surface area contributed by atoms with Crippen molar-refractivity contribution in [2.24, 2.45) is 5.92 Å². The van der Waals surface area contributed by atoms with Crippen LogP contribution >= 0.6 is 24.8 Å². The van der Waals surface area contributed by atoms with Crippen LogP contribution in [0.3, 0.4) is 0 Å². The number of nitrogens with zero attached hydrogens (tertiary/aromatic N) is 1. The molecule has 10 heteroatoms. The average Bonchev–Trinajstić information content (AvgIpc) is 3.20. The van der Waals surface area contributed by atoms with E-state index in [-0.39, 0.29) is 60.8 Å². The van der Waals surface area contributed by atoms with E-state index in [1.54, 1.807) is 0 Å². The lowest BCUT2D eigenvalue weighted by Gasteiger charge is -2.13. The third-order valence-electron chi connectivity index (χ3n) is 4.18. The number of aryl methyl sites for hydroxylation is 1. The maximum absolute atomic E-state index is 13.7. The largest absolute Gasteiger partial charge is 0.441 e. The van der Waals surface area contributed by atoms with Crippen LogP contribution in [0.15, 0.2) is 28.8 Å². The minimum Gasteiger partial charge on any atom is -0.441 e. The molecule has 0 radical (unpaired) electrons. The molecule has 2 aromatic rings. The molecule has 0 bridgehead atoms. The van der Waals surface area contributed by atoms with E-state index in [1.807, 2.05) is 0 Å². The van der Waals surface area contributed by atoms with Crippen LogP contribution in [-0.2, 0) is 11.2 Å². The SMILES string of the molecule is Cl.Cl.O=C(CCc1ncc(-c2ccc(F)cc2F)o1)NCC1CNCC1O. The molecule has 3 N–H and O–H groups in total. The number of carbonyl (C=O) groups excluding carboxylic acids is 1. The van der Waals surface area contributed by atoms with E-state index >= 15 is 0 Å². The molecule has 3 rings (SSSR count). The van der Waals surface area contributed by atoms with Crippen LogP contribution in [0.1, 0.15) is 12.3 Å². The molecule has 6 nitrogen and oxygen atoms in total. The zero-order chi connectivity index (χ0) is 17.8. The number of hydrogen-bond acceptors (Lipinski definition) is 5. The van der Waals surface area contributed by atoms with Crippen molar-refractivity contribution in [3.05, 3.63) is 41.9 Å². The van der Waals surface area contributed by atoms with Crippen molar-refractivity contribution >= 4 is 30.7 Å². The summed E-state index contributed by atoms with van der Waals surface area (Å²) in [7, 11) is 0. The Balaban J connectivity index is 0.00000182. The van der Waals surface area contributed by atoms with E-state index in [9.17, 15) is 18.7 Å². The van der Waals surface area contributed by atoms with Gasteiger partial charge in [0.05, 0.1) is 17.9 Å². The number of hydrogen-bond donors (Lipinski definition) is 3. The van der Waals surface area contributed by atoms with Crippen molar-refractivity contribution in [2.75, 3.05) is 19.6 Å². The van der Waals surface area contributed by atoms with E-state index in [0.29, 0.717) is 25.5 Å². The van der Waals surface area contributed by atoms with Crippen molar-refractivity contribution in [2.45, 2.75) is 18.9 Å². The van der Waals surface area contributed by atoms with Crippen molar-refractivity contribution in [1.29, 1.82) is 0 Å². The van der Waals surface area contributed by atoms with Crippen molar-refractivity contribution < 1.29 is 23.1 Å². The molecular formula is C17H21Cl2F2N3O3. The number of rotatable bonds is 6. The molecule has 2 atom stereocenters.